The summed E-state index contributed by atoms with van der Waals surface area (Å²) in [6, 6.07) is 9.16. The van der Waals surface area contributed by atoms with Gasteiger partial charge in [0.2, 0.25) is 0 Å². The lowest BCUT2D eigenvalue weighted by Crippen LogP contribution is -2.37. The van der Waals surface area contributed by atoms with E-state index in [1.54, 1.807) is 0 Å². The molecule has 0 aliphatic carbocycles. The van der Waals surface area contributed by atoms with Crippen molar-refractivity contribution in [1.82, 2.24) is 0 Å². The lowest BCUT2D eigenvalue weighted by molar-refractivity contribution is -0.152. The Morgan fingerprint density at radius 3 is 2.58 bits per heavy atom. The van der Waals surface area contributed by atoms with Gasteiger partial charge in [-0.05, 0) is 24.8 Å². The molecule has 0 saturated carbocycles. The van der Waals surface area contributed by atoms with Crippen LogP contribution in [-0.2, 0) is 16.0 Å². The fraction of sp³-hybridized carbons (Fsp3) is 0.533. The van der Waals surface area contributed by atoms with Crippen molar-refractivity contribution in [2.45, 2.75) is 44.8 Å². The maximum Gasteiger partial charge on any atom is 0.325 e. The molecule has 1 aromatic rings. The molecule has 2 atom stereocenters. The number of carbonyl (C=O) groups excluding carboxylic acids is 1. The van der Waals surface area contributed by atoms with E-state index in [0.29, 0.717) is 0 Å². The number of aliphatic hydroxyl groups is 1. The third-order valence-electron chi connectivity index (χ3n) is 2.99. The maximum atomic E-state index is 11.6. The van der Waals surface area contributed by atoms with Crippen molar-refractivity contribution >= 4 is 5.97 Å². The van der Waals surface area contributed by atoms with Gasteiger partial charge in [-0.25, -0.2) is 0 Å². The third-order valence-corrected chi connectivity index (χ3v) is 2.99. The van der Waals surface area contributed by atoms with Gasteiger partial charge in [0.25, 0.3) is 0 Å². The van der Waals surface area contributed by atoms with Crippen LogP contribution in [0.3, 0.4) is 0 Å². The first-order chi connectivity index (χ1) is 9.17. The number of rotatable bonds is 8. The number of esters is 1. The molecule has 0 fully saturated rings. The van der Waals surface area contributed by atoms with Gasteiger partial charge >= 0.3 is 5.97 Å². The predicted molar refractivity (Wildman–Crippen MR) is 74.6 cm³/mol. The molecule has 106 valence electrons. The van der Waals surface area contributed by atoms with E-state index < -0.39 is 12.0 Å². The van der Waals surface area contributed by atoms with Gasteiger partial charge in [0.05, 0.1) is 6.61 Å². The Morgan fingerprint density at radius 2 is 2.00 bits per heavy atom. The lowest BCUT2D eigenvalue weighted by Gasteiger charge is -2.19. The van der Waals surface area contributed by atoms with E-state index in [0.717, 1.165) is 25.7 Å². The molecule has 4 heteroatoms. The second-order valence-electron chi connectivity index (χ2n) is 4.66. The summed E-state index contributed by atoms with van der Waals surface area (Å²) in [5.74, 6) is -0.519. The summed E-state index contributed by atoms with van der Waals surface area (Å²) < 4.78 is 5.34. The molecule has 0 aliphatic rings. The average Bonchev–Trinajstić information content (AvgIpc) is 2.45. The van der Waals surface area contributed by atoms with Crippen molar-refractivity contribution in [3.8, 4) is 0 Å². The number of aryl methyl sites for hydroxylation is 1. The molecular weight excluding hydrogens is 242 g/mol. The van der Waals surface area contributed by atoms with Crippen LogP contribution >= 0.6 is 0 Å². The van der Waals surface area contributed by atoms with Gasteiger partial charge in [0.15, 0.2) is 0 Å². The van der Waals surface area contributed by atoms with Gasteiger partial charge in [-0.1, -0.05) is 43.7 Å². The van der Waals surface area contributed by atoms with Crippen LogP contribution in [0.5, 0.6) is 0 Å². The van der Waals surface area contributed by atoms with Crippen molar-refractivity contribution in [2.75, 3.05) is 6.61 Å². The molecule has 3 N–H and O–H groups in total. The Morgan fingerprint density at radius 1 is 1.32 bits per heavy atom. The normalized spacial score (nSPS) is 13.8. The minimum absolute atomic E-state index is 0.129. The Hall–Kier alpha value is -1.39. The van der Waals surface area contributed by atoms with Crippen LogP contribution in [0.2, 0.25) is 0 Å². The van der Waals surface area contributed by atoms with Crippen molar-refractivity contribution in [2.24, 2.45) is 5.73 Å². The van der Waals surface area contributed by atoms with Crippen LogP contribution in [-0.4, -0.2) is 29.8 Å². The van der Waals surface area contributed by atoms with Crippen LogP contribution < -0.4 is 5.73 Å². The van der Waals surface area contributed by atoms with Crippen LogP contribution in [0, 0.1) is 0 Å². The molecule has 0 radical (unpaired) electrons. The molecule has 1 rings (SSSR count). The predicted octanol–water partition coefficient (Wildman–Crippen LogP) is 1.65. The topological polar surface area (TPSA) is 72.5 Å². The molecule has 0 amide bonds. The van der Waals surface area contributed by atoms with Crippen molar-refractivity contribution < 1.29 is 14.6 Å². The van der Waals surface area contributed by atoms with E-state index in [1.807, 2.05) is 18.2 Å². The Balaban J connectivity index is 2.46. The van der Waals surface area contributed by atoms with E-state index in [2.05, 4.69) is 19.1 Å². The van der Waals surface area contributed by atoms with Gasteiger partial charge in [-0.2, -0.15) is 0 Å². The summed E-state index contributed by atoms with van der Waals surface area (Å²) in [5.41, 5.74) is 6.67. The zero-order valence-corrected chi connectivity index (χ0v) is 11.4. The van der Waals surface area contributed by atoms with Gasteiger partial charge in [-0.3, -0.25) is 4.79 Å². The fourth-order valence-electron chi connectivity index (χ4n) is 1.88. The summed E-state index contributed by atoms with van der Waals surface area (Å²) in [6.45, 7) is 1.67. The van der Waals surface area contributed by atoms with Gasteiger partial charge < -0.3 is 15.6 Å². The monoisotopic (exact) mass is 265 g/mol. The molecule has 1 aromatic carbocycles. The lowest BCUT2D eigenvalue weighted by atomic mass is 10.0. The second-order valence-corrected chi connectivity index (χ2v) is 4.66. The molecule has 0 spiro atoms. The Kier molecular flexibility index (Phi) is 7.15. The first kappa shape index (κ1) is 15.7. The number of benzene rings is 1. The molecule has 19 heavy (non-hydrogen) atoms. The minimum atomic E-state index is -0.934. The SMILES string of the molecule is CCC[C@H](CCc1ccccc1)OC(=O)C(N)CO. The van der Waals surface area contributed by atoms with Crippen molar-refractivity contribution in [3.05, 3.63) is 35.9 Å². The number of ether oxygens (including phenoxy) is 1. The molecule has 4 nitrogen and oxygen atoms in total. The summed E-state index contributed by atoms with van der Waals surface area (Å²) in [4.78, 5) is 11.6. The van der Waals surface area contributed by atoms with Crippen LogP contribution in [0.15, 0.2) is 30.3 Å². The summed E-state index contributed by atoms with van der Waals surface area (Å²) in [5, 5.41) is 8.83. The van der Waals surface area contributed by atoms with Crippen LogP contribution in [0.4, 0.5) is 0 Å². The molecule has 0 saturated heterocycles. The highest BCUT2D eigenvalue weighted by Gasteiger charge is 2.19. The molecular formula is C15H23NO3. The fourth-order valence-corrected chi connectivity index (χ4v) is 1.88. The van der Waals surface area contributed by atoms with Crippen molar-refractivity contribution in [1.29, 1.82) is 0 Å². The van der Waals surface area contributed by atoms with Crippen molar-refractivity contribution in [3.63, 3.8) is 0 Å². The molecule has 0 aliphatic heterocycles. The van der Waals surface area contributed by atoms with Gasteiger partial charge in [-0.15, -0.1) is 0 Å². The highest BCUT2D eigenvalue weighted by molar-refractivity contribution is 5.75. The zero-order valence-electron chi connectivity index (χ0n) is 11.4. The van der Waals surface area contributed by atoms with E-state index in [1.165, 1.54) is 5.56 Å². The standard InChI is InChI=1S/C15H23NO3/c1-2-6-13(19-15(18)14(16)11-17)10-9-12-7-4-3-5-8-12/h3-5,7-8,13-14,17H,2,6,9-11,16H2,1H3/t13-,14?/m1/s1. The van der Waals surface area contributed by atoms with Crippen LogP contribution in [0.25, 0.3) is 0 Å². The van der Waals surface area contributed by atoms with E-state index >= 15 is 0 Å². The first-order valence-electron chi connectivity index (χ1n) is 6.78. The smallest absolute Gasteiger partial charge is 0.325 e. The zero-order chi connectivity index (χ0) is 14.1. The van der Waals surface area contributed by atoms with Gasteiger partial charge in [0, 0.05) is 0 Å². The molecule has 0 aromatic heterocycles. The van der Waals surface area contributed by atoms with Crippen LogP contribution in [0.1, 0.15) is 31.7 Å². The number of hydrogen-bond acceptors (Lipinski definition) is 4. The highest BCUT2D eigenvalue weighted by atomic mass is 16.5. The minimum Gasteiger partial charge on any atom is -0.461 e. The molecule has 0 bridgehead atoms. The van der Waals surface area contributed by atoms with E-state index in [9.17, 15) is 4.79 Å². The summed E-state index contributed by atoms with van der Waals surface area (Å²) in [6.07, 6.45) is 3.28. The highest BCUT2D eigenvalue weighted by Crippen LogP contribution is 2.12. The van der Waals surface area contributed by atoms with E-state index in [4.69, 9.17) is 15.6 Å². The first-order valence-corrected chi connectivity index (χ1v) is 6.78. The number of nitrogens with two attached hydrogens (primary N) is 1. The van der Waals surface area contributed by atoms with E-state index in [-0.39, 0.29) is 12.7 Å². The number of carbonyl (C=O) groups is 1. The quantitative estimate of drug-likeness (QED) is 0.701. The third kappa shape index (κ3) is 5.85. The molecule has 1 unspecified atom stereocenters. The average molecular weight is 265 g/mol. The number of aliphatic hydroxyl groups excluding tert-OH is 1. The number of hydrogen-bond donors (Lipinski definition) is 2. The molecule has 0 heterocycles. The Labute approximate surface area is 114 Å². The Bertz CT molecular complexity index is 367. The van der Waals surface area contributed by atoms with Gasteiger partial charge in [0.1, 0.15) is 12.1 Å². The summed E-state index contributed by atoms with van der Waals surface area (Å²) >= 11 is 0. The summed E-state index contributed by atoms with van der Waals surface area (Å²) in [7, 11) is 0. The maximum absolute atomic E-state index is 11.6. The largest absolute Gasteiger partial charge is 0.461 e. The second kappa shape index (κ2) is 8.67.